The molecule has 0 bridgehead atoms. The van der Waals surface area contributed by atoms with E-state index in [0.29, 0.717) is 47.3 Å². The molecule has 0 unspecified atom stereocenters. The zero-order valence-electron chi connectivity index (χ0n) is 90.4. The molecule has 0 fully saturated rings. The number of para-hydroxylation sites is 3. The van der Waals surface area contributed by atoms with Gasteiger partial charge in [-0.1, -0.05) is 312 Å². The van der Waals surface area contributed by atoms with E-state index in [9.17, 15) is 0 Å². The van der Waals surface area contributed by atoms with Crippen molar-refractivity contribution < 1.29 is 18.3 Å². The maximum absolute atomic E-state index is 4.88. The molecule has 17 aromatic rings. The van der Waals surface area contributed by atoms with Crippen molar-refractivity contribution in [3.05, 3.63) is 380 Å². The van der Waals surface area contributed by atoms with Gasteiger partial charge in [-0.05, 0) is 206 Å². The van der Waals surface area contributed by atoms with E-state index in [-0.39, 0.29) is 21.7 Å². The summed E-state index contributed by atoms with van der Waals surface area (Å²) in [5, 5.41) is 0. The molecule has 8 heterocycles. The Morgan fingerprint density at radius 1 is 0.246 bits per heavy atom. The van der Waals surface area contributed by atoms with E-state index in [1.807, 2.05) is 31.0 Å². The maximum atomic E-state index is 4.88. The van der Waals surface area contributed by atoms with Crippen LogP contribution in [0.3, 0.4) is 0 Å². The van der Waals surface area contributed by atoms with Crippen molar-refractivity contribution in [2.24, 2.45) is 28.2 Å². The molecule has 4 aliphatic rings. The zero-order chi connectivity index (χ0) is 101. The van der Waals surface area contributed by atoms with Crippen molar-refractivity contribution >= 4 is 0 Å². The Hall–Kier alpha value is -13.6. The lowest BCUT2D eigenvalue weighted by atomic mass is 9.79. The van der Waals surface area contributed by atoms with Crippen LogP contribution >= 0.6 is 0 Å². The fraction of sp³-hybridized carbons (Fsp3) is 0.338. The summed E-state index contributed by atoms with van der Waals surface area (Å²) in [6, 6.07) is 67.3. The molecule has 21 rings (SSSR count). The molecular weight excluding hydrogens is 1730 g/mol. The molecule has 0 radical (unpaired) electrons. The van der Waals surface area contributed by atoms with Crippen LogP contribution in [0.1, 0.15) is 325 Å². The monoisotopic (exact) mass is 1880 g/mol. The molecule has 8 aromatic heterocycles. The summed E-state index contributed by atoms with van der Waals surface area (Å²) in [6.45, 7) is 64.5. The third-order valence-electron chi connectivity index (χ3n) is 31.5. The highest BCUT2D eigenvalue weighted by atomic mass is 15.2. The Kier molecular flexibility index (Phi) is 26.2. The van der Waals surface area contributed by atoms with Crippen LogP contribution in [0.25, 0.3) is 124 Å². The van der Waals surface area contributed by atoms with Crippen LogP contribution in [0.4, 0.5) is 0 Å². The van der Waals surface area contributed by atoms with Gasteiger partial charge in [-0.25, -0.2) is 18.3 Å². The summed E-state index contributed by atoms with van der Waals surface area (Å²) < 4.78 is 19.0. The van der Waals surface area contributed by atoms with Gasteiger partial charge in [-0.15, -0.1) is 0 Å². The first-order valence-electron chi connectivity index (χ1n) is 51.8. The summed E-state index contributed by atoms with van der Waals surface area (Å²) in [7, 11) is 8.70. The maximum Gasteiger partial charge on any atom is 0.294 e. The van der Waals surface area contributed by atoms with Crippen LogP contribution in [0.15, 0.2) is 269 Å². The van der Waals surface area contributed by atoms with Crippen molar-refractivity contribution in [3.63, 3.8) is 0 Å². The highest BCUT2D eigenvalue weighted by Gasteiger charge is 2.48. The third-order valence-corrected chi connectivity index (χ3v) is 31.5. The van der Waals surface area contributed by atoms with E-state index >= 15 is 0 Å². The molecule has 142 heavy (non-hydrogen) atoms. The molecule has 0 aliphatic heterocycles. The van der Waals surface area contributed by atoms with Crippen molar-refractivity contribution in [2.75, 3.05) is 0 Å². The normalized spacial score (nSPS) is 13.9. The minimum Gasteiger partial charge on any atom is -0.264 e. The molecule has 9 aromatic carbocycles. The summed E-state index contributed by atoms with van der Waals surface area (Å²) in [4.78, 5) is 18.7. The minimum absolute atomic E-state index is 0.102. The summed E-state index contributed by atoms with van der Waals surface area (Å²) in [5.41, 5.74) is 49.7. The molecule has 0 atom stereocenters. The van der Waals surface area contributed by atoms with Gasteiger partial charge in [0, 0.05) is 120 Å². The van der Waals surface area contributed by atoms with Gasteiger partial charge in [-0.2, -0.15) is 18.3 Å². The standard InChI is InChI=1S/C37H40N3.3C31H36N3/c1-23(2)30-21-27(26-13-10-9-11-14-26)22-31(24(3)4)34(30)40-20-19-39(8)36(40)32-25(5)16-17-28-29-15-12-18-38-35(29)37(6,7)33(28)32;1-19(2)22-11-9-12-23(20(3)4)28(22)34-18-17-33(8)30(34)26-21(5)14-15-24-25-13-10-16-32-29(25)31(6,7)27(24)26;1-19(2)22-10-9-11-23(20(3)4)29(22)34-17-16-33(8)30(34)27-21(5)12-13-25-24-14-15-32-18-26(24)31(6,7)28(25)27;1-19(2)22-10-9-11-23(20(3)4)29(22)34-17-16-33(8)30(34)27-21(5)12-13-24-25-18-32-15-14-26(25)31(6,7)28(24)27/h9-24H,1-8H3;3*9-20H,1-8H3/q4*+1. The Bertz CT molecular complexity index is 7140. The van der Waals surface area contributed by atoms with Gasteiger partial charge in [0.15, 0.2) is 0 Å². The Balaban J connectivity index is 0.000000125. The molecule has 0 spiro atoms. The Labute approximate surface area is 846 Å². The average molecular weight is 1880 g/mol. The lowest BCUT2D eigenvalue weighted by Gasteiger charge is -2.25. The van der Waals surface area contributed by atoms with Gasteiger partial charge in [0.25, 0.3) is 23.3 Å². The Morgan fingerprint density at radius 2 is 0.535 bits per heavy atom. The first kappa shape index (κ1) is 98.6. The topological polar surface area (TPSA) is 86.8 Å². The Morgan fingerprint density at radius 3 is 0.866 bits per heavy atom. The number of fused-ring (bicyclic) bond motifs is 12. The van der Waals surface area contributed by atoms with Gasteiger partial charge in [0.1, 0.15) is 72.3 Å². The molecule has 724 valence electrons. The lowest BCUT2D eigenvalue weighted by molar-refractivity contribution is -0.659. The highest BCUT2D eigenvalue weighted by molar-refractivity contribution is 5.92. The number of aryl methyl sites for hydroxylation is 8. The number of imidazole rings is 4. The minimum atomic E-state index is -0.200. The van der Waals surface area contributed by atoms with Crippen molar-refractivity contribution in [2.45, 2.75) is 263 Å². The molecule has 0 amide bonds. The van der Waals surface area contributed by atoms with Gasteiger partial charge in [0.2, 0.25) is 0 Å². The van der Waals surface area contributed by atoms with Gasteiger partial charge in [-0.3, -0.25) is 19.9 Å². The van der Waals surface area contributed by atoms with Gasteiger partial charge < -0.3 is 0 Å². The van der Waals surface area contributed by atoms with E-state index in [1.54, 1.807) is 0 Å². The molecular formula is C130H148N12+4. The number of hydrogen-bond acceptors (Lipinski definition) is 4. The smallest absolute Gasteiger partial charge is 0.264 e. The molecule has 4 aliphatic carbocycles. The number of hydrogen-bond donors (Lipinski definition) is 0. The van der Waals surface area contributed by atoms with Crippen LogP contribution in [-0.4, -0.2) is 38.2 Å². The van der Waals surface area contributed by atoms with Crippen molar-refractivity contribution in [1.29, 1.82) is 0 Å². The van der Waals surface area contributed by atoms with Crippen LogP contribution in [-0.2, 0) is 49.9 Å². The highest BCUT2D eigenvalue weighted by Crippen LogP contribution is 2.58. The SMILES string of the molecule is Cc1ccc2c(c1-c1n(-c3c(C(C)C)cc(-c4ccccc4)cc3C(C)C)cc[n+]1C)C(C)(C)c1ncccc1-2.Cc1ccc2c(c1-c1n(-c3c(C(C)C)cccc3C(C)C)cc[n+]1C)C(C)(C)c1ccncc1-2.Cc1ccc2c(c1-c1n(-c3c(C(C)C)cccc3C(C)C)cc[n+]1C)C(C)(C)c1cnccc1-2.Cc1ccc2c(c1-c1n(-c3c(C(C)C)cccc3C(C)C)cc[n+]1C)C(C)(C)c1ncccc1-2. The van der Waals surface area contributed by atoms with E-state index in [0.717, 1.165) is 5.69 Å². The van der Waals surface area contributed by atoms with Crippen molar-refractivity contribution in [3.8, 4) is 124 Å². The molecule has 0 N–H and O–H groups in total. The predicted octanol–water partition coefficient (Wildman–Crippen LogP) is 30.6. The number of pyridine rings is 4. The molecule has 0 saturated heterocycles. The summed E-state index contributed by atoms with van der Waals surface area (Å²) in [6.07, 6.45) is 29.6. The number of benzene rings is 9. The molecule has 12 heteroatoms. The summed E-state index contributed by atoms with van der Waals surface area (Å²) >= 11 is 0. The second kappa shape index (κ2) is 37.7. The number of nitrogens with zero attached hydrogens (tertiary/aromatic N) is 12. The zero-order valence-corrected chi connectivity index (χ0v) is 90.4. The van der Waals surface area contributed by atoms with E-state index in [1.165, 1.54) is 230 Å². The van der Waals surface area contributed by atoms with Crippen LogP contribution in [0.2, 0.25) is 0 Å². The molecule has 12 nitrogen and oxygen atoms in total. The number of aromatic nitrogens is 12. The van der Waals surface area contributed by atoms with Crippen LogP contribution in [0.5, 0.6) is 0 Å². The quantitative estimate of drug-likeness (QED) is 0.0850. The van der Waals surface area contributed by atoms with Crippen molar-refractivity contribution in [1.82, 2.24) is 38.2 Å². The average Bonchev–Trinajstić information content (AvgIpc) is 1.56. The fourth-order valence-corrected chi connectivity index (χ4v) is 24.3. The van der Waals surface area contributed by atoms with E-state index in [4.69, 9.17) is 9.97 Å². The largest absolute Gasteiger partial charge is 0.294 e. The van der Waals surface area contributed by atoms with Gasteiger partial charge in [0.05, 0.1) is 61.8 Å². The predicted molar refractivity (Wildman–Crippen MR) is 588 cm³/mol. The first-order valence-corrected chi connectivity index (χ1v) is 51.8. The molecule has 0 saturated carbocycles. The van der Waals surface area contributed by atoms with E-state index < -0.39 is 0 Å². The fourth-order valence-electron chi connectivity index (χ4n) is 24.3. The first-order chi connectivity index (χ1) is 67.5. The summed E-state index contributed by atoms with van der Waals surface area (Å²) in [5.74, 6) is 8.24. The second-order valence-electron chi connectivity index (χ2n) is 45.2. The second-order valence-corrected chi connectivity index (χ2v) is 45.2. The van der Waals surface area contributed by atoms with Gasteiger partial charge >= 0.3 is 0 Å². The number of rotatable bonds is 17. The lowest BCUT2D eigenvalue weighted by Crippen LogP contribution is -2.31. The van der Waals surface area contributed by atoms with E-state index in [2.05, 4.69) is 506 Å². The third kappa shape index (κ3) is 16.4. The van der Waals surface area contributed by atoms with Crippen LogP contribution < -0.4 is 18.3 Å². The van der Waals surface area contributed by atoms with Crippen LogP contribution in [0, 0.1) is 27.7 Å².